The summed E-state index contributed by atoms with van der Waals surface area (Å²) in [7, 11) is 0. The van der Waals surface area contributed by atoms with Gasteiger partial charge in [0.15, 0.2) is 0 Å². The van der Waals surface area contributed by atoms with E-state index in [0.29, 0.717) is 5.92 Å². The van der Waals surface area contributed by atoms with Crippen molar-refractivity contribution >= 4 is 5.91 Å². The van der Waals surface area contributed by atoms with Gasteiger partial charge in [-0.15, -0.1) is 0 Å². The van der Waals surface area contributed by atoms with Gasteiger partial charge in [-0.05, 0) is 29.6 Å². The van der Waals surface area contributed by atoms with Gasteiger partial charge >= 0.3 is 0 Å². The lowest BCUT2D eigenvalue weighted by atomic mass is 9.82. The Bertz CT molecular complexity index is 289. The summed E-state index contributed by atoms with van der Waals surface area (Å²) in [4.78, 5) is 12.0. The van der Waals surface area contributed by atoms with E-state index in [-0.39, 0.29) is 28.8 Å². The molecule has 0 bridgehead atoms. The summed E-state index contributed by atoms with van der Waals surface area (Å²) in [6.07, 6.45) is 1.56. The van der Waals surface area contributed by atoms with E-state index in [1.54, 1.807) is 0 Å². The molecule has 2 N–H and O–H groups in total. The first-order valence-corrected chi connectivity index (χ1v) is 6.22. The number of carbonyl (C=O) groups excluding carboxylic acids is 1. The van der Waals surface area contributed by atoms with Crippen LogP contribution in [0.4, 0.5) is 0 Å². The van der Waals surface area contributed by atoms with E-state index in [2.05, 4.69) is 33.0 Å². The number of carbonyl (C=O) groups is 1. The molecule has 0 aromatic carbocycles. The Morgan fingerprint density at radius 3 is 2.12 bits per heavy atom. The molecule has 3 heteroatoms. The molecule has 3 nitrogen and oxygen atoms in total. The number of aliphatic hydroxyl groups is 1. The SMILES string of the molecule is CC1(C)C(C(=O)NCC2CC(O)C2)C1(C)C. The Balaban J connectivity index is 1.78. The fourth-order valence-electron chi connectivity index (χ4n) is 3.07. The van der Waals surface area contributed by atoms with E-state index < -0.39 is 0 Å². The lowest BCUT2D eigenvalue weighted by Gasteiger charge is -2.31. The predicted octanol–water partition coefficient (Wildman–Crippen LogP) is 1.56. The molecule has 0 spiro atoms. The van der Waals surface area contributed by atoms with Gasteiger partial charge in [0.25, 0.3) is 0 Å². The number of hydrogen-bond acceptors (Lipinski definition) is 2. The molecule has 92 valence electrons. The highest BCUT2D eigenvalue weighted by Crippen LogP contribution is 2.68. The fraction of sp³-hybridized carbons (Fsp3) is 0.923. The van der Waals surface area contributed by atoms with Crippen molar-refractivity contribution < 1.29 is 9.90 Å². The largest absolute Gasteiger partial charge is 0.393 e. The maximum absolute atomic E-state index is 12.0. The summed E-state index contributed by atoms with van der Waals surface area (Å²) in [5, 5.41) is 12.2. The van der Waals surface area contributed by atoms with Gasteiger partial charge in [0.1, 0.15) is 0 Å². The smallest absolute Gasteiger partial charge is 0.224 e. The zero-order valence-electron chi connectivity index (χ0n) is 10.7. The first-order valence-electron chi connectivity index (χ1n) is 6.22. The van der Waals surface area contributed by atoms with E-state index in [9.17, 15) is 4.79 Å². The summed E-state index contributed by atoms with van der Waals surface area (Å²) in [6, 6.07) is 0. The minimum Gasteiger partial charge on any atom is -0.393 e. The van der Waals surface area contributed by atoms with Gasteiger partial charge in [-0.3, -0.25) is 4.79 Å². The summed E-state index contributed by atoms with van der Waals surface area (Å²) in [6.45, 7) is 9.36. The van der Waals surface area contributed by atoms with Crippen LogP contribution in [0.15, 0.2) is 0 Å². The summed E-state index contributed by atoms with van der Waals surface area (Å²) in [5.74, 6) is 0.824. The van der Waals surface area contributed by atoms with Gasteiger partial charge in [-0.2, -0.15) is 0 Å². The molecule has 2 aliphatic rings. The molecule has 2 rings (SSSR count). The molecular weight excluding hydrogens is 202 g/mol. The number of amides is 1. The van der Waals surface area contributed by atoms with E-state index in [1.165, 1.54) is 0 Å². The zero-order valence-corrected chi connectivity index (χ0v) is 10.7. The Morgan fingerprint density at radius 2 is 1.75 bits per heavy atom. The van der Waals surface area contributed by atoms with Crippen LogP contribution in [0, 0.1) is 22.7 Å². The monoisotopic (exact) mass is 225 g/mol. The standard InChI is InChI=1S/C13H23NO2/c1-12(2)10(13(12,3)4)11(16)14-7-8-5-9(15)6-8/h8-10,15H,5-7H2,1-4H3,(H,14,16). The lowest BCUT2D eigenvalue weighted by Crippen LogP contribution is -2.39. The molecule has 0 aromatic rings. The Hall–Kier alpha value is -0.570. The van der Waals surface area contributed by atoms with Crippen LogP contribution in [0.5, 0.6) is 0 Å². The number of hydrogen-bond donors (Lipinski definition) is 2. The van der Waals surface area contributed by atoms with Crippen molar-refractivity contribution in [2.24, 2.45) is 22.7 Å². The molecule has 1 amide bonds. The summed E-state index contributed by atoms with van der Waals surface area (Å²) >= 11 is 0. The van der Waals surface area contributed by atoms with E-state index in [0.717, 1.165) is 19.4 Å². The summed E-state index contributed by atoms with van der Waals surface area (Å²) in [5.41, 5.74) is 0.242. The molecule has 2 fully saturated rings. The van der Waals surface area contributed by atoms with Crippen LogP contribution in [0.1, 0.15) is 40.5 Å². The van der Waals surface area contributed by atoms with Crippen molar-refractivity contribution in [2.45, 2.75) is 46.6 Å². The molecule has 0 radical (unpaired) electrons. The first-order chi connectivity index (χ1) is 7.26. The van der Waals surface area contributed by atoms with E-state index in [4.69, 9.17) is 5.11 Å². The van der Waals surface area contributed by atoms with Gasteiger partial charge in [0.2, 0.25) is 5.91 Å². The van der Waals surface area contributed by atoms with Crippen molar-refractivity contribution in [1.82, 2.24) is 5.32 Å². The molecule has 2 saturated carbocycles. The van der Waals surface area contributed by atoms with Crippen LogP contribution < -0.4 is 5.32 Å². The van der Waals surface area contributed by atoms with Crippen LogP contribution in [0.25, 0.3) is 0 Å². The lowest BCUT2D eigenvalue weighted by molar-refractivity contribution is -0.124. The molecule has 0 aliphatic heterocycles. The van der Waals surface area contributed by atoms with E-state index in [1.807, 2.05) is 0 Å². The van der Waals surface area contributed by atoms with Crippen molar-refractivity contribution in [3.8, 4) is 0 Å². The Labute approximate surface area is 97.6 Å². The van der Waals surface area contributed by atoms with Crippen LogP contribution in [0.3, 0.4) is 0 Å². The topological polar surface area (TPSA) is 49.3 Å². The maximum atomic E-state index is 12.0. The highest BCUT2D eigenvalue weighted by Gasteiger charge is 2.68. The molecular formula is C13H23NO2. The number of nitrogens with one attached hydrogen (secondary N) is 1. The molecule has 0 saturated heterocycles. The molecule has 0 unspecified atom stereocenters. The second-order valence-electron chi connectivity index (χ2n) is 6.61. The van der Waals surface area contributed by atoms with Gasteiger partial charge in [0.05, 0.1) is 6.10 Å². The normalized spacial score (nSPS) is 35.3. The van der Waals surface area contributed by atoms with Gasteiger partial charge < -0.3 is 10.4 Å². The number of aliphatic hydroxyl groups excluding tert-OH is 1. The van der Waals surface area contributed by atoms with Gasteiger partial charge in [-0.25, -0.2) is 0 Å². The molecule has 16 heavy (non-hydrogen) atoms. The predicted molar refractivity (Wildman–Crippen MR) is 62.8 cm³/mol. The highest BCUT2D eigenvalue weighted by atomic mass is 16.3. The van der Waals surface area contributed by atoms with Crippen LogP contribution in [-0.2, 0) is 4.79 Å². The second kappa shape index (κ2) is 3.46. The van der Waals surface area contributed by atoms with Crippen molar-refractivity contribution in [3.05, 3.63) is 0 Å². The average molecular weight is 225 g/mol. The third-order valence-corrected chi connectivity index (χ3v) is 5.06. The van der Waals surface area contributed by atoms with Crippen LogP contribution in [-0.4, -0.2) is 23.7 Å². The molecule has 0 aromatic heterocycles. The molecule has 0 heterocycles. The Kier molecular flexibility index (Phi) is 2.57. The minimum absolute atomic E-state index is 0.121. The van der Waals surface area contributed by atoms with E-state index >= 15 is 0 Å². The molecule has 0 atom stereocenters. The van der Waals surface area contributed by atoms with Crippen molar-refractivity contribution in [1.29, 1.82) is 0 Å². The zero-order chi connectivity index (χ0) is 12.1. The number of rotatable bonds is 3. The average Bonchev–Trinajstić information content (AvgIpc) is 2.49. The fourth-order valence-corrected chi connectivity index (χ4v) is 3.07. The van der Waals surface area contributed by atoms with Crippen LogP contribution in [0.2, 0.25) is 0 Å². The first kappa shape index (κ1) is 11.9. The second-order valence-corrected chi connectivity index (χ2v) is 6.61. The minimum atomic E-state index is -0.129. The quantitative estimate of drug-likeness (QED) is 0.765. The third-order valence-electron chi connectivity index (χ3n) is 5.06. The van der Waals surface area contributed by atoms with Crippen LogP contribution >= 0.6 is 0 Å². The van der Waals surface area contributed by atoms with Crippen molar-refractivity contribution in [2.75, 3.05) is 6.54 Å². The van der Waals surface area contributed by atoms with Gasteiger partial charge in [-0.1, -0.05) is 27.7 Å². The van der Waals surface area contributed by atoms with Crippen molar-refractivity contribution in [3.63, 3.8) is 0 Å². The van der Waals surface area contributed by atoms with Gasteiger partial charge in [0, 0.05) is 12.5 Å². The molecule has 2 aliphatic carbocycles. The third kappa shape index (κ3) is 1.65. The Morgan fingerprint density at radius 1 is 1.25 bits per heavy atom. The maximum Gasteiger partial charge on any atom is 0.224 e. The summed E-state index contributed by atoms with van der Waals surface area (Å²) < 4.78 is 0. The highest BCUT2D eigenvalue weighted by molar-refractivity contribution is 5.84.